The number of ether oxygens (including phenoxy) is 1. The highest BCUT2D eigenvalue weighted by atomic mass is 19.4. The summed E-state index contributed by atoms with van der Waals surface area (Å²) in [5.74, 6) is 0.285. The maximum absolute atomic E-state index is 12.3. The van der Waals surface area contributed by atoms with Crippen LogP contribution in [0, 0.1) is 0 Å². The lowest BCUT2D eigenvalue weighted by atomic mass is 10.1. The zero-order valence-electron chi connectivity index (χ0n) is 8.14. The monoisotopic (exact) mass is 220 g/mol. The molecule has 2 nitrogen and oxygen atoms in total. The average Bonchev–Trinajstić information content (AvgIpc) is 2.17. The van der Waals surface area contributed by atoms with E-state index < -0.39 is 18.3 Å². The van der Waals surface area contributed by atoms with Gasteiger partial charge in [0.25, 0.3) is 0 Å². The Labute approximate surface area is 85.3 Å². The van der Waals surface area contributed by atoms with Crippen LogP contribution in [0.15, 0.2) is 18.2 Å². The largest absolute Gasteiger partial charge is 0.494 e. The lowest BCUT2D eigenvalue weighted by Crippen LogP contribution is -2.06. The highest BCUT2D eigenvalue weighted by Crippen LogP contribution is 2.32. The van der Waals surface area contributed by atoms with E-state index in [1.807, 2.05) is 0 Å². The summed E-state index contributed by atoms with van der Waals surface area (Å²) in [5.41, 5.74) is -0.637. The summed E-state index contributed by atoms with van der Waals surface area (Å²) in [6.45, 7) is 1.59. The van der Waals surface area contributed by atoms with E-state index in [4.69, 9.17) is 9.84 Å². The average molecular weight is 220 g/mol. The van der Waals surface area contributed by atoms with Gasteiger partial charge in [0.1, 0.15) is 5.75 Å². The third-order valence-corrected chi connectivity index (χ3v) is 1.86. The van der Waals surface area contributed by atoms with Crippen molar-refractivity contribution in [3.63, 3.8) is 0 Å². The summed E-state index contributed by atoms with van der Waals surface area (Å²) >= 11 is 0. The standard InChI is InChI=1S/C10H11F3O2/c1-2-15-9-4-3-8(10(11,12)13)5-7(9)6-14/h3-5,14H,2,6H2,1H3. The SMILES string of the molecule is CCOc1ccc(C(F)(F)F)cc1CO. The fourth-order valence-electron chi connectivity index (χ4n) is 1.18. The molecule has 0 atom stereocenters. The van der Waals surface area contributed by atoms with Gasteiger partial charge in [-0.3, -0.25) is 0 Å². The highest BCUT2D eigenvalue weighted by Gasteiger charge is 2.31. The molecule has 0 aromatic heterocycles. The van der Waals surface area contributed by atoms with Crippen LogP contribution in [0.25, 0.3) is 0 Å². The molecule has 0 heterocycles. The third-order valence-electron chi connectivity index (χ3n) is 1.86. The van der Waals surface area contributed by atoms with Gasteiger partial charge in [-0.05, 0) is 25.1 Å². The van der Waals surface area contributed by atoms with Crippen molar-refractivity contribution in [2.75, 3.05) is 6.61 Å². The minimum atomic E-state index is -4.39. The molecule has 84 valence electrons. The molecule has 0 aliphatic carbocycles. The van der Waals surface area contributed by atoms with Crippen molar-refractivity contribution in [1.29, 1.82) is 0 Å². The number of hydrogen-bond acceptors (Lipinski definition) is 2. The maximum Gasteiger partial charge on any atom is 0.416 e. The van der Waals surface area contributed by atoms with Gasteiger partial charge in [0.05, 0.1) is 18.8 Å². The maximum atomic E-state index is 12.3. The van der Waals surface area contributed by atoms with Crippen LogP contribution < -0.4 is 4.74 Å². The van der Waals surface area contributed by atoms with Crippen molar-refractivity contribution in [2.24, 2.45) is 0 Å². The molecule has 0 spiro atoms. The quantitative estimate of drug-likeness (QED) is 0.848. The van der Waals surface area contributed by atoms with E-state index in [0.29, 0.717) is 6.61 Å². The molecular weight excluding hydrogens is 209 g/mol. The van der Waals surface area contributed by atoms with E-state index >= 15 is 0 Å². The van der Waals surface area contributed by atoms with Crippen LogP contribution in [0.4, 0.5) is 13.2 Å². The van der Waals surface area contributed by atoms with Gasteiger partial charge in [0, 0.05) is 5.56 Å². The predicted octanol–water partition coefficient (Wildman–Crippen LogP) is 2.60. The number of rotatable bonds is 3. The molecule has 0 aliphatic heterocycles. The minimum Gasteiger partial charge on any atom is -0.494 e. The Balaban J connectivity index is 3.08. The van der Waals surface area contributed by atoms with Gasteiger partial charge in [-0.1, -0.05) is 0 Å². The van der Waals surface area contributed by atoms with Crippen LogP contribution in [-0.2, 0) is 12.8 Å². The summed E-state index contributed by atoms with van der Waals surface area (Å²) in [7, 11) is 0. The summed E-state index contributed by atoms with van der Waals surface area (Å²) < 4.78 is 42.0. The van der Waals surface area contributed by atoms with Gasteiger partial charge in [0.2, 0.25) is 0 Å². The summed E-state index contributed by atoms with van der Waals surface area (Å²) in [5, 5.41) is 8.89. The van der Waals surface area contributed by atoms with Crippen LogP contribution in [-0.4, -0.2) is 11.7 Å². The van der Waals surface area contributed by atoms with Crippen LogP contribution in [0.3, 0.4) is 0 Å². The Kier molecular flexibility index (Phi) is 3.57. The first-order valence-electron chi connectivity index (χ1n) is 4.42. The second-order valence-corrected chi connectivity index (χ2v) is 2.91. The lowest BCUT2D eigenvalue weighted by Gasteiger charge is -2.12. The van der Waals surface area contributed by atoms with E-state index in [-0.39, 0.29) is 11.3 Å². The van der Waals surface area contributed by atoms with Gasteiger partial charge >= 0.3 is 6.18 Å². The zero-order valence-corrected chi connectivity index (χ0v) is 8.14. The van der Waals surface area contributed by atoms with E-state index in [1.54, 1.807) is 6.92 Å². The molecule has 0 saturated carbocycles. The fraction of sp³-hybridized carbons (Fsp3) is 0.400. The Morgan fingerprint density at radius 1 is 1.33 bits per heavy atom. The molecule has 0 aliphatic rings. The molecule has 0 fully saturated rings. The summed E-state index contributed by atoms with van der Waals surface area (Å²) in [6.07, 6.45) is -4.39. The Hall–Kier alpha value is -1.23. The molecule has 0 unspecified atom stereocenters. The molecular formula is C10H11F3O2. The molecule has 1 rings (SSSR count). The summed E-state index contributed by atoms with van der Waals surface area (Å²) in [6, 6.07) is 3.05. The van der Waals surface area contributed by atoms with Crippen molar-refractivity contribution in [3.8, 4) is 5.75 Å². The second kappa shape index (κ2) is 4.53. The topological polar surface area (TPSA) is 29.5 Å². The molecule has 1 aromatic carbocycles. The first kappa shape index (κ1) is 11.8. The van der Waals surface area contributed by atoms with Crippen LogP contribution in [0.2, 0.25) is 0 Å². The predicted molar refractivity (Wildman–Crippen MR) is 48.5 cm³/mol. The van der Waals surface area contributed by atoms with Crippen molar-refractivity contribution < 1.29 is 23.0 Å². The molecule has 15 heavy (non-hydrogen) atoms. The summed E-state index contributed by atoms with van der Waals surface area (Å²) in [4.78, 5) is 0. The molecule has 0 amide bonds. The zero-order chi connectivity index (χ0) is 11.5. The van der Waals surface area contributed by atoms with E-state index in [2.05, 4.69) is 0 Å². The molecule has 1 N–H and O–H groups in total. The van der Waals surface area contributed by atoms with Gasteiger partial charge in [-0.25, -0.2) is 0 Å². The highest BCUT2D eigenvalue weighted by molar-refractivity contribution is 5.37. The fourth-order valence-corrected chi connectivity index (χ4v) is 1.18. The van der Waals surface area contributed by atoms with Crippen LogP contribution >= 0.6 is 0 Å². The van der Waals surface area contributed by atoms with E-state index in [0.717, 1.165) is 12.1 Å². The Morgan fingerprint density at radius 3 is 2.47 bits per heavy atom. The van der Waals surface area contributed by atoms with E-state index in [9.17, 15) is 13.2 Å². The van der Waals surface area contributed by atoms with Crippen molar-refractivity contribution >= 4 is 0 Å². The normalized spacial score (nSPS) is 11.5. The number of benzene rings is 1. The minimum absolute atomic E-state index is 0.145. The smallest absolute Gasteiger partial charge is 0.416 e. The second-order valence-electron chi connectivity index (χ2n) is 2.91. The van der Waals surface area contributed by atoms with Crippen LogP contribution in [0.5, 0.6) is 5.75 Å². The molecule has 0 radical (unpaired) electrons. The van der Waals surface area contributed by atoms with Gasteiger partial charge in [-0.15, -0.1) is 0 Å². The molecule has 0 saturated heterocycles. The molecule has 1 aromatic rings. The van der Waals surface area contributed by atoms with Crippen molar-refractivity contribution in [2.45, 2.75) is 19.7 Å². The van der Waals surface area contributed by atoms with Gasteiger partial charge < -0.3 is 9.84 Å². The first-order valence-corrected chi connectivity index (χ1v) is 4.42. The Bertz CT molecular complexity index is 334. The van der Waals surface area contributed by atoms with E-state index in [1.165, 1.54) is 6.07 Å². The number of aliphatic hydroxyl groups excluding tert-OH is 1. The Morgan fingerprint density at radius 2 is 2.00 bits per heavy atom. The lowest BCUT2D eigenvalue weighted by molar-refractivity contribution is -0.137. The molecule has 5 heteroatoms. The molecule has 0 bridgehead atoms. The van der Waals surface area contributed by atoms with Crippen molar-refractivity contribution in [3.05, 3.63) is 29.3 Å². The number of hydrogen-bond donors (Lipinski definition) is 1. The van der Waals surface area contributed by atoms with Gasteiger partial charge in [0.15, 0.2) is 0 Å². The number of alkyl halides is 3. The van der Waals surface area contributed by atoms with Gasteiger partial charge in [-0.2, -0.15) is 13.2 Å². The first-order chi connectivity index (χ1) is 6.99. The third kappa shape index (κ3) is 2.86. The number of halogens is 3. The number of aliphatic hydroxyl groups is 1. The van der Waals surface area contributed by atoms with Crippen molar-refractivity contribution in [1.82, 2.24) is 0 Å². The van der Waals surface area contributed by atoms with Crippen LogP contribution in [0.1, 0.15) is 18.1 Å².